The van der Waals surface area contributed by atoms with Crippen molar-refractivity contribution in [2.75, 3.05) is 23.3 Å². The second-order valence-electron chi connectivity index (χ2n) is 8.69. The maximum absolute atomic E-state index is 13.1. The molecule has 0 aromatic heterocycles. The van der Waals surface area contributed by atoms with Crippen molar-refractivity contribution in [3.63, 3.8) is 0 Å². The molecule has 0 bridgehead atoms. The van der Waals surface area contributed by atoms with Crippen LogP contribution < -0.4 is 10.2 Å². The van der Waals surface area contributed by atoms with Crippen LogP contribution in [0.3, 0.4) is 0 Å². The third kappa shape index (κ3) is 5.63. The fraction of sp³-hybridized carbons (Fsp3) is 0.417. The molecular weight excluding hydrogens is 444 g/mol. The second-order valence-corrected chi connectivity index (χ2v) is 9.61. The molecule has 2 aromatic rings. The van der Waals surface area contributed by atoms with E-state index in [-0.39, 0.29) is 5.91 Å². The highest BCUT2D eigenvalue weighted by atomic mass is 79.9. The van der Waals surface area contributed by atoms with Gasteiger partial charge in [0.1, 0.15) is 5.60 Å². The van der Waals surface area contributed by atoms with Crippen LogP contribution in [-0.4, -0.2) is 30.6 Å². The molecule has 1 aliphatic heterocycles. The summed E-state index contributed by atoms with van der Waals surface area (Å²) < 4.78 is 6.27. The van der Waals surface area contributed by atoms with E-state index in [2.05, 4.69) is 32.2 Å². The number of hydrogen-bond donors (Lipinski definition) is 1. The van der Waals surface area contributed by atoms with Gasteiger partial charge < -0.3 is 15.0 Å². The molecule has 2 aromatic carbocycles. The number of rotatable bonds is 4. The van der Waals surface area contributed by atoms with Crippen molar-refractivity contribution >= 4 is 39.2 Å². The molecule has 0 saturated carbocycles. The normalized spacial score (nSPS) is 14.4. The minimum Gasteiger partial charge on any atom is -0.456 e. The quantitative estimate of drug-likeness (QED) is 0.557. The summed E-state index contributed by atoms with van der Waals surface area (Å²) in [5.41, 5.74) is 2.69. The number of esters is 1. The fourth-order valence-electron chi connectivity index (χ4n) is 3.52. The Balaban J connectivity index is 1.87. The number of nitrogens with zero attached hydrogens (tertiary/aromatic N) is 1. The molecule has 1 N–H and O–H groups in total. The van der Waals surface area contributed by atoms with E-state index >= 15 is 0 Å². The third-order valence-corrected chi connectivity index (χ3v) is 5.53. The first-order chi connectivity index (χ1) is 14.1. The van der Waals surface area contributed by atoms with Gasteiger partial charge in [0.2, 0.25) is 0 Å². The summed E-state index contributed by atoms with van der Waals surface area (Å²) >= 11 is 3.42. The molecule has 160 valence electrons. The van der Waals surface area contributed by atoms with Gasteiger partial charge in [0.25, 0.3) is 5.91 Å². The minimum atomic E-state index is -0.620. The van der Waals surface area contributed by atoms with Gasteiger partial charge in [-0.15, -0.1) is 0 Å². The summed E-state index contributed by atoms with van der Waals surface area (Å²) in [6, 6.07) is 11.1. The smallest absolute Gasteiger partial charge is 0.340 e. The van der Waals surface area contributed by atoms with Gasteiger partial charge in [-0.05, 0) is 82.9 Å². The van der Waals surface area contributed by atoms with E-state index < -0.39 is 11.6 Å². The highest BCUT2D eigenvalue weighted by Crippen LogP contribution is 2.27. The Morgan fingerprint density at radius 1 is 1.00 bits per heavy atom. The lowest BCUT2D eigenvalue weighted by molar-refractivity contribution is 0.00707. The van der Waals surface area contributed by atoms with Gasteiger partial charge >= 0.3 is 5.97 Å². The number of carbonyl (C=O) groups excluding carboxylic acids is 2. The summed E-state index contributed by atoms with van der Waals surface area (Å²) in [5.74, 6) is -0.710. The van der Waals surface area contributed by atoms with Gasteiger partial charge in [-0.1, -0.05) is 22.0 Å². The second kappa shape index (κ2) is 9.21. The van der Waals surface area contributed by atoms with Gasteiger partial charge in [-0.2, -0.15) is 0 Å². The number of halogens is 1. The van der Waals surface area contributed by atoms with E-state index in [0.29, 0.717) is 16.8 Å². The largest absolute Gasteiger partial charge is 0.456 e. The van der Waals surface area contributed by atoms with Crippen LogP contribution in [0.2, 0.25) is 0 Å². The predicted octanol–water partition coefficient (Wildman–Crippen LogP) is 5.96. The highest BCUT2D eigenvalue weighted by molar-refractivity contribution is 9.10. The molecule has 6 heteroatoms. The van der Waals surface area contributed by atoms with Crippen molar-refractivity contribution in [2.45, 2.75) is 52.6 Å². The van der Waals surface area contributed by atoms with E-state index in [0.717, 1.165) is 28.8 Å². The van der Waals surface area contributed by atoms with E-state index in [1.165, 1.54) is 19.3 Å². The summed E-state index contributed by atoms with van der Waals surface area (Å²) in [5, 5.41) is 2.92. The number of aryl methyl sites for hydroxylation is 1. The zero-order valence-corrected chi connectivity index (χ0v) is 19.6. The number of ether oxygens (including phenoxy) is 1. The lowest BCUT2D eigenvalue weighted by atomic mass is 10.0. The summed E-state index contributed by atoms with van der Waals surface area (Å²) in [6.45, 7) is 9.40. The Morgan fingerprint density at radius 2 is 1.70 bits per heavy atom. The Morgan fingerprint density at radius 3 is 2.37 bits per heavy atom. The van der Waals surface area contributed by atoms with Crippen LogP contribution >= 0.6 is 15.9 Å². The molecule has 3 rings (SSSR count). The molecule has 5 nitrogen and oxygen atoms in total. The molecule has 1 amide bonds. The maximum atomic E-state index is 13.1. The average Bonchev–Trinajstić information content (AvgIpc) is 2.67. The van der Waals surface area contributed by atoms with Crippen LogP contribution in [0.25, 0.3) is 0 Å². The molecule has 0 unspecified atom stereocenters. The molecule has 1 aliphatic rings. The number of carbonyl (C=O) groups is 2. The lowest BCUT2D eigenvalue weighted by Gasteiger charge is -2.29. The van der Waals surface area contributed by atoms with Crippen molar-refractivity contribution < 1.29 is 14.3 Å². The molecule has 30 heavy (non-hydrogen) atoms. The topological polar surface area (TPSA) is 58.6 Å². The van der Waals surface area contributed by atoms with E-state index in [9.17, 15) is 9.59 Å². The van der Waals surface area contributed by atoms with Gasteiger partial charge in [-0.25, -0.2) is 4.79 Å². The molecule has 1 heterocycles. The lowest BCUT2D eigenvalue weighted by Crippen LogP contribution is -2.29. The maximum Gasteiger partial charge on any atom is 0.340 e. The van der Waals surface area contributed by atoms with Gasteiger partial charge in [-0.3, -0.25) is 4.79 Å². The summed E-state index contributed by atoms with van der Waals surface area (Å²) in [4.78, 5) is 28.1. The van der Waals surface area contributed by atoms with Crippen molar-refractivity contribution in [2.24, 2.45) is 0 Å². The number of piperidine rings is 1. The first-order valence-electron chi connectivity index (χ1n) is 10.3. The van der Waals surface area contributed by atoms with Crippen LogP contribution in [0.4, 0.5) is 11.4 Å². The molecular formula is C24H29BrN2O3. The molecule has 0 atom stereocenters. The number of hydrogen-bond acceptors (Lipinski definition) is 4. The van der Waals surface area contributed by atoms with Crippen LogP contribution in [0.1, 0.15) is 66.3 Å². The number of amides is 1. The summed E-state index contributed by atoms with van der Waals surface area (Å²) in [6.07, 6.45) is 3.60. The summed E-state index contributed by atoms with van der Waals surface area (Å²) in [7, 11) is 0. The molecule has 0 aliphatic carbocycles. The monoisotopic (exact) mass is 472 g/mol. The number of benzene rings is 2. The Kier molecular flexibility index (Phi) is 6.86. The van der Waals surface area contributed by atoms with Crippen molar-refractivity contribution in [3.8, 4) is 0 Å². The van der Waals surface area contributed by atoms with Crippen LogP contribution in [0, 0.1) is 6.92 Å². The van der Waals surface area contributed by atoms with E-state index in [4.69, 9.17) is 4.74 Å². The van der Waals surface area contributed by atoms with Crippen LogP contribution in [0.15, 0.2) is 40.9 Å². The molecule has 1 saturated heterocycles. The molecule has 0 radical (unpaired) electrons. The van der Waals surface area contributed by atoms with Crippen LogP contribution in [-0.2, 0) is 4.74 Å². The number of anilines is 2. The third-order valence-electron chi connectivity index (χ3n) is 5.04. The highest BCUT2D eigenvalue weighted by Gasteiger charge is 2.22. The van der Waals surface area contributed by atoms with Gasteiger partial charge in [0.15, 0.2) is 0 Å². The van der Waals surface area contributed by atoms with Crippen molar-refractivity contribution in [3.05, 3.63) is 57.6 Å². The van der Waals surface area contributed by atoms with E-state index in [1.54, 1.807) is 18.2 Å². The predicted molar refractivity (Wildman–Crippen MR) is 125 cm³/mol. The Bertz CT molecular complexity index is 944. The van der Waals surface area contributed by atoms with Crippen molar-refractivity contribution in [1.29, 1.82) is 0 Å². The molecule has 0 spiro atoms. The Labute approximate surface area is 186 Å². The van der Waals surface area contributed by atoms with Gasteiger partial charge in [0.05, 0.1) is 11.3 Å². The Hall–Kier alpha value is -2.34. The number of nitrogens with one attached hydrogen (secondary N) is 1. The van der Waals surface area contributed by atoms with Crippen molar-refractivity contribution in [1.82, 2.24) is 0 Å². The van der Waals surface area contributed by atoms with E-state index in [1.807, 2.05) is 39.8 Å². The zero-order chi connectivity index (χ0) is 21.9. The average molecular weight is 473 g/mol. The van der Waals surface area contributed by atoms with Gasteiger partial charge in [0, 0.05) is 28.8 Å². The first kappa shape index (κ1) is 22.3. The standard InChI is InChI=1S/C24H29BrN2O3/c1-16-8-10-18(27-12-6-5-7-13-27)15-20(16)22(28)26-21-14-17(25)9-11-19(21)23(29)30-24(2,3)4/h8-11,14-15H,5-7,12-13H2,1-4H3,(H,26,28). The SMILES string of the molecule is Cc1ccc(N2CCCCC2)cc1C(=O)Nc1cc(Br)ccc1C(=O)OC(C)(C)C. The minimum absolute atomic E-state index is 0.241. The zero-order valence-electron chi connectivity index (χ0n) is 18.0. The van der Waals surface area contributed by atoms with Crippen LogP contribution in [0.5, 0.6) is 0 Å². The fourth-order valence-corrected chi connectivity index (χ4v) is 3.89. The molecule has 1 fully saturated rings. The first-order valence-corrected chi connectivity index (χ1v) is 11.1.